The Hall–Kier alpha value is -2.34. The number of nitrogens with one attached hydrogen (secondary N) is 1. The van der Waals surface area contributed by atoms with E-state index in [-0.39, 0.29) is 23.8 Å². The third-order valence-corrected chi connectivity index (χ3v) is 3.58. The van der Waals surface area contributed by atoms with Crippen molar-refractivity contribution in [2.24, 2.45) is 0 Å². The predicted octanol–water partition coefficient (Wildman–Crippen LogP) is 2.67. The van der Waals surface area contributed by atoms with Crippen LogP contribution in [0.1, 0.15) is 15.9 Å². The van der Waals surface area contributed by atoms with Crippen LogP contribution in [0.15, 0.2) is 53.0 Å². The number of rotatable bonds is 6. The van der Waals surface area contributed by atoms with E-state index in [1.165, 1.54) is 12.1 Å². The van der Waals surface area contributed by atoms with Gasteiger partial charge in [-0.25, -0.2) is 4.79 Å². The van der Waals surface area contributed by atoms with E-state index in [1.807, 2.05) is 30.3 Å². The molecule has 0 aliphatic rings. The summed E-state index contributed by atoms with van der Waals surface area (Å²) in [5.74, 6) is -1.33. The Morgan fingerprint density at radius 3 is 2.61 bits per heavy atom. The zero-order valence-electron chi connectivity index (χ0n) is 12.3. The maximum Gasteiger partial charge on any atom is 0.342 e. The summed E-state index contributed by atoms with van der Waals surface area (Å²) < 4.78 is 5.53. The van der Waals surface area contributed by atoms with Crippen LogP contribution in [0.4, 0.5) is 0 Å². The van der Waals surface area contributed by atoms with Gasteiger partial charge in [0.15, 0.2) is 6.61 Å². The lowest BCUT2D eigenvalue weighted by Gasteiger charge is -2.08. The van der Waals surface area contributed by atoms with Crippen molar-refractivity contribution in [3.05, 3.63) is 64.1 Å². The third kappa shape index (κ3) is 5.41. The van der Waals surface area contributed by atoms with Gasteiger partial charge in [-0.1, -0.05) is 46.3 Å². The van der Waals surface area contributed by atoms with E-state index >= 15 is 0 Å². The molecule has 1 amide bonds. The zero-order valence-corrected chi connectivity index (χ0v) is 13.9. The van der Waals surface area contributed by atoms with Gasteiger partial charge in [-0.05, 0) is 30.2 Å². The van der Waals surface area contributed by atoms with Gasteiger partial charge >= 0.3 is 5.97 Å². The maximum absolute atomic E-state index is 11.8. The minimum atomic E-state index is -0.748. The molecule has 2 rings (SSSR count). The summed E-state index contributed by atoms with van der Waals surface area (Å²) in [5, 5.41) is 12.3. The first kappa shape index (κ1) is 17.0. The molecule has 23 heavy (non-hydrogen) atoms. The van der Waals surface area contributed by atoms with E-state index in [2.05, 4.69) is 21.2 Å². The van der Waals surface area contributed by atoms with E-state index in [1.54, 1.807) is 6.07 Å². The smallest absolute Gasteiger partial charge is 0.342 e. The number of halogens is 1. The van der Waals surface area contributed by atoms with Crippen LogP contribution in [0.5, 0.6) is 5.75 Å². The summed E-state index contributed by atoms with van der Waals surface area (Å²) in [6.45, 7) is 0.0715. The highest BCUT2D eigenvalue weighted by atomic mass is 79.9. The largest absolute Gasteiger partial charge is 0.507 e. The van der Waals surface area contributed by atoms with Crippen molar-refractivity contribution in [1.29, 1.82) is 0 Å². The van der Waals surface area contributed by atoms with Crippen LogP contribution in [0.25, 0.3) is 0 Å². The second-order valence-corrected chi connectivity index (χ2v) is 5.74. The van der Waals surface area contributed by atoms with Crippen molar-refractivity contribution in [3.63, 3.8) is 0 Å². The van der Waals surface area contributed by atoms with E-state index in [0.717, 1.165) is 5.56 Å². The fourth-order valence-electron chi connectivity index (χ4n) is 1.92. The minimum absolute atomic E-state index is 0.0106. The second-order valence-electron chi connectivity index (χ2n) is 4.82. The number of hydrogen-bond donors (Lipinski definition) is 2. The first-order chi connectivity index (χ1) is 11.1. The van der Waals surface area contributed by atoms with Crippen LogP contribution in [0.2, 0.25) is 0 Å². The Labute approximate surface area is 142 Å². The van der Waals surface area contributed by atoms with E-state index in [4.69, 9.17) is 4.74 Å². The van der Waals surface area contributed by atoms with Crippen molar-refractivity contribution < 1.29 is 19.4 Å². The quantitative estimate of drug-likeness (QED) is 0.758. The predicted molar refractivity (Wildman–Crippen MR) is 89.2 cm³/mol. The summed E-state index contributed by atoms with van der Waals surface area (Å²) >= 11 is 3.20. The molecular weight excluding hydrogens is 362 g/mol. The Morgan fingerprint density at radius 1 is 1.13 bits per heavy atom. The van der Waals surface area contributed by atoms with Gasteiger partial charge in [-0.15, -0.1) is 0 Å². The average Bonchev–Trinajstić information content (AvgIpc) is 2.56. The molecule has 0 saturated heterocycles. The molecule has 120 valence electrons. The van der Waals surface area contributed by atoms with Gasteiger partial charge in [0.2, 0.25) is 0 Å². The van der Waals surface area contributed by atoms with Gasteiger partial charge in [0.1, 0.15) is 11.3 Å². The zero-order chi connectivity index (χ0) is 16.7. The molecule has 0 atom stereocenters. The van der Waals surface area contributed by atoms with E-state index in [0.29, 0.717) is 17.4 Å². The van der Waals surface area contributed by atoms with Crippen LogP contribution >= 0.6 is 15.9 Å². The highest BCUT2D eigenvalue weighted by molar-refractivity contribution is 9.10. The Morgan fingerprint density at radius 2 is 1.87 bits per heavy atom. The van der Waals surface area contributed by atoms with E-state index in [9.17, 15) is 14.7 Å². The molecule has 6 heteroatoms. The molecule has 0 heterocycles. The highest BCUT2D eigenvalue weighted by Gasteiger charge is 2.14. The SMILES string of the molecule is O=C(COC(=O)c1cc(Br)ccc1O)NCCc1ccccc1. The first-order valence-corrected chi connectivity index (χ1v) is 7.82. The Kier molecular flexibility index (Phi) is 6.17. The van der Waals surface area contributed by atoms with Crippen LogP contribution in [-0.4, -0.2) is 30.1 Å². The van der Waals surface area contributed by atoms with Crippen LogP contribution in [0, 0.1) is 0 Å². The fourth-order valence-corrected chi connectivity index (χ4v) is 2.28. The highest BCUT2D eigenvalue weighted by Crippen LogP contribution is 2.22. The van der Waals surface area contributed by atoms with E-state index < -0.39 is 5.97 Å². The van der Waals surface area contributed by atoms with Crippen molar-refractivity contribution in [3.8, 4) is 5.75 Å². The molecular formula is C17H16BrNO4. The van der Waals surface area contributed by atoms with Crippen molar-refractivity contribution >= 4 is 27.8 Å². The van der Waals surface area contributed by atoms with Crippen LogP contribution in [-0.2, 0) is 16.0 Å². The molecule has 0 aliphatic carbocycles. The molecule has 5 nitrogen and oxygen atoms in total. The monoisotopic (exact) mass is 377 g/mol. The lowest BCUT2D eigenvalue weighted by atomic mass is 10.1. The molecule has 0 bridgehead atoms. The maximum atomic E-state index is 11.8. The Balaban J connectivity index is 1.75. The summed E-state index contributed by atoms with van der Waals surface area (Å²) in [7, 11) is 0. The molecule has 2 aromatic rings. The number of phenols is 1. The van der Waals surface area contributed by atoms with Crippen LogP contribution < -0.4 is 5.32 Å². The van der Waals surface area contributed by atoms with Gasteiger partial charge in [-0.3, -0.25) is 4.79 Å². The van der Waals surface area contributed by atoms with Crippen molar-refractivity contribution in [1.82, 2.24) is 5.32 Å². The second kappa shape index (κ2) is 8.33. The van der Waals surface area contributed by atoms with Crippen molar-refractivity contribution in [2.75, 3.05) is 13.2 Å². The lowest BCUT2D eigenvalue weighted by Crippen LogP contribution is -2.30. The number of amides is 1. The molecule has 0 fully saturated rings. The molecule has 0 unspecified atom stereocenters. The normalized spacial score (nSPS) is 10.1. The summed E-state index contributed by atoms with van der Waals surface area (Å²) in [4.78, 5) is 23.5. The number of hydrogen-bond acceptors (Lipinski definition) is 4. The number of carbonyl (C=O) groups excluding carboxylic acids is 2. The average molecular weight is 378 g/mol. The van der Waals surface area contributed by atoms with Gasteiger partial charge in [0, 0.05) is 11.0 Å². The standard InChI is InChI=1S/C17H16BrNO4/c18-13-6-7-15(20)14(10-13)17(22)23-11-16(21)19-9-8-12-4-2-1-3-5-12/h1-7,10,20H,8-9,11H2,(H,19,21). The fraction of sp³-hybridized carbons (Fsp3) is 0.176. The molecule has 0 saturated carbocycles. The van der Waals surface area contributed by atoms with Gasteiger partial charge in [-0.2, -0.15) is 0 Å². The van der Waals surface area contributed by atoms with Gasteiger partial charge in [0.05, 0.1) is 0 Å². The van der Waals surface area contributed by atoms with Gasteiger partial charge < -0.3 is 15.2 Å². The minimum Gasteiger partial charge on any atom is -0.507 e. The summed E-state index contributed by atoms with van der Waals surface area (Å²) in [6, 6.07) is 14.2. The van der Waals surface area contributed by atoms with Crippen LogP contribution in [0.3, 0.4) is 0 Å². The number of carbonyl (C=O) groups is 2. The Bertz CT molecular complexity index is 688. The topological polar surface area (TPSA) is 75.6 Å². The summed E-state index contributed by atoms with van der Waals surface area (Å²) in [5.41, 5.74) is 1.13. The third-order valence-electron chi connectivity index (χ3n) is 3.09. The number of benzene rings is 2. The molecule has 0 spiro atoms. The molecule has 0 aliphatic heterocycles. The number of ether oxygens (including phenoxy) is 1. The number of esters is 1. The molecule has 0 aromatic heterocycles. The van der Waals surface area contributed by atoms with Crippen molar-refractivity contribution in [2.45, 2.75) is 6.42 Å². The molecule has 0 radical (unpaired) electrons. The van der Waals surface area contributed by atoms with Gasteiger partial charge in [0.25, 0.3) is 5.91 Å². The molecule has 2 aromatic carbocycles. The summed E-state index contributed by atoms with van der Waals surface area (Å²) in [6.07, 6.45) is 0.701. The number of phenolic OH excluding ortho intramolecular Hbond substituents is 1. The first-order valence-electron chi connectivity index (χ1n) is 7.02. The molecule has 2 N–H and O–H groups in total. The number of aromatic hydroxyl groups is 1. The lowest BCUT2D eigenvalue weighted by molar-refractivity contribution is -0.124.